The van der Waals surface area contributed by atoms with Gasteiger partial charge in [-0.15, -0.1) is 0 Å². The van der Waals surface area contributed by atoms with E-state index in [1.807, 2.05) is 0 Å². The van der Waals surface area contributed by atoms with E-state index in [9.17, 15) is 9.59 Å². The number of rotatable bonds is 6. The lowest BCUT2D eigenvalue weighted by Crippen LogP contribution is -2.12. The third-order valence-electron chi connectivity index (χ3n) is 5.20. The van der Waals surface area contributed by atoms with Crippen molar-refractivity contribution in [1.29, 1.82) is 0 Å². The zero-order valence-corrected chi connectivity index (χ0v) is 16.8. The fourth-order valence-corrected chi connectivity index (χ4v) is 3.53. The quantitative estimate of drug-likeness (QED) is 0.641. The van der Waals surface area contributed by atoms with Crippen molar-refractivity contribution in [2.24, 2.45) is 7.05 Å². The largest absolute Gasteiger partial charge is 0.465 e. The van der Waals surface area contributed by atoms with E-state index >= 15 is 0 Å². The summed E-state index contributed by atoms with van der Waals surface area (Å²) < 4.78 is 6.89. The summed E-state index contributed by atoms with van der Waals surface area (Å²) in [7, 11) is 3.43. The first-order valence-electron chi connectivity index (χ1n) is 9.43. The lowest BCUT2D eigenvalue weighted by atomic mass is 10.0. The van der Waals surface area contributed by atoms with Gasteiger partial charge in [0.25, 0.3) is 0 Å². The molecule has 0 aliphatic carbocycles. The van der Waals surface area contributed by atoms with Crippen LogP contribution in [0.1, 0.15) is 40.0 Å². The topological polar surface area (TPSA) is 60.3 Å². The number of carbonyl (C=O) groups excluding carboxylic acids is 2. The van der Waals surface area contributed by atoms with Crippen molar-refractivity contribution in [3.05, 3.63) is 64.8 Å². The fraction of sp³-hybridized carbons (Fsp3) is 0.304. The Morgan fingerprint density at radius 3 is 2.46 bits per heavy atom. The standard InChI is InChI=1S/C23H26N2O3/c1-15-8-13-21-20(14-15)19(16(2)25(21)3)6-5-7-22(26)24-18-11-9-17(10-12-18)23(27)28-4/h8-14H,5-7H2,1-4H3,(H,24,26). The van der Waals surface area contributed by atoms with Crippen LogP contribution in [0.3, 0.4) is 0 Å². The summed E-state index contributed by atoms with van der Waals surface area (Å²) in [5.41, 5.74) is 6.17. The number of benzene rings is 2. The maximum atomic E-state index is 12.3. The molecule has 0 spiro atoms. The zero-order chi connectivity index (χ0) is 20.3. The molecule has 5 heteroatoms. The molecule has 2 aromatic carbocycles. The lowest BCUT2D eigenvalue weighted by molar-refractivity contribution is -0.116. The first kappa shape index (κ1) is 19.7. The molecule has 0 atom stereocenters. The van der Waals surface area contributed by atoms with E-state index in [1.165, 1.54) is 34.8 Å². The van der Waals surface area contributed by atoms with Crippen LogP contribution in [0.15, 0.2) is 42.5 Å². The number of methoxy groups -OCH3 is 1. The molecule has 0 aliphatic rings. The van der Waals surface area contributed by atoms with E-state index < -0.39 is 5.97 Å². The molecule has 3 aromatic rings. The highest BCUT2D eigenvalue weighted by Crippen LogP contribution is 2.27. The van der Waals surface area contributed by atoms with Crippen molar-refractivity contribution in [3.63, 3.8) is 0 Å². The number of carbonyl (C=O) groups is 2. The molecule has 0 saturated heterocycles. The molecule has 1 N–H and O–H groups in total. The van der Waals surface area contributed by atoms with Crippen molar-refractivity contribution >= 4 is 28.5 Å². The molecule has 0 fully saturated rings. The van der Waals surface area contributed by atoms with Crippen LogP contribution in [-0.4, -0.2) is 23.6 Å². The number of nitrogens with zero attached hydrogens (tertiary/aromatic N) is 1. The Morgan fingerprint density at radius 2 is 1.79 bits per heavy atom. The number of fused-ring (bicyclic) bond motifs is 1. The minimum atomic E-state index is -0.390. The van der Waals surface area contributed by atoms with Gasteiger partial charge in [-0.2, -0.15) is 0 Å². The number of esters is 1. The van der Waals surface area contributed by atoms with E-state index in [-0.39, 0.29) is 5.91 Å². The second-order valence-electron chi connectivity index (χ2n) is 7.11. The monoisotopic (exact) mass is 378 g/mol. The second kappa shape index (κ2) is 8.30. The summed E-state index contributed by atoms with van der Waals surface area (Å²) in [6, 6.07) is 13.2. The highest BCUT2D eigenvalue weighted by Gasteiger charge is 2.13. The summed E-state index contributed by atoms with van der Waals surface area (Å²) >= 11 is 0. The predicted molar refractivity (Wildman–Crippen MR) is 112 cm³/mol. The van der Waals surface area contributed by atoms with Crippen LogP contribution in [-0.2, 0) is 23.0 Å². The summed E-state index contributed by atoms with van der Waals surface area (Å²) in [5, 5.41) is 4.16. The van der Waals surface area contributed by atoms with Crippen LogP contribution in [0.5, 0.6) is 0 Å². The van der Waals surface area contributed by atoms with Gasteiger partial charge in [0.2, 0.25) is 5.91 Å². The average Bonchev–Trinajstić information content (AvgIpc) is 2.92. The van der Waals surface area contributed by atoms with Gasteiger partial charge >= 0.3 is 5.97 Å². The summed E-state index contributed by atoms with van der Waals surface area (Å²) in [6.45, 7) is 4.23. The van der Waals surface area contributed by atoms with Gasteiger partial charge in [0.05, 0.1) is 12.7 Å². The van der Waals surface area contributed by atoms with Crippen molar-refractivity contribution in [1.82, 2.24) is 4.57 Å². The Hall–Kier alpha value is -3.08. The van der Waals surface area contributed by atoms with Crippen LogP contribution >= 0.6 is 0 Å². The van der Waals surface area contributed by atoms with Gasteiger partial charge in [0, 0.05) is 35.8 Å². The number of hydrogen-bond donors (Lipinski definition) is 1. The number of amides is 1. The molecule has 3 rings (SSSR count). The number of nitrogens with one attached hydrogen (secondary N) is 1. The van der Waals surface area contributed by atoms with Crippen LogP contribution in [0.4, 0.5) is 5.69 Å². The highest BCUT2D eigenvalue weighted by atomic mass is 16.5. The molecule has 28 heavy (non-hydrogen) atoms. The van der Waals surface area contributed by atoms with Crippen molar-refractivity contribution in [3.8, 4) is 0 Å². The normalized spacial score (nSPS) is 10.9. The molecule has 0 saturated carbocycles. The number of aromatic nitrogens is 1. The Labute approximate surface area is 165 Å². The summed E-state index contributed by atoms with van der Waals surface area (Å²) in [4.78, 5) is 23.7. The summed E-state index contributed by atoms with van der Waals surface area (Å²) in [6.07, 6.45) is 2.09. The van der Waals surface area contributed by atoms with Crippen LogP contribution < -0.4 is 5.32 Å². The summed E-state index contributed by atoms with van der Waals surface area (Å²) in [5.74, 6) is -0.418. The molecule has 146 valence electrons. The zero-order valence-electron chi connectivity index (χ0n) is 16.8. The Bertz CT molecular complexity index is 1020. The van der Waals surface area contributed by atoms with Gasteiger partial charge < -0.3 is 14.6 Å². The average molecular weight is 378 g/mol. The minimum absolute atomic E-state index is 0.0279. The maximum Gasteiger partial charge on any atom is 0.337 e. The van der Waals surface area contributed by atoms with E-state index in [1.54, 1.807) is 24.3 Å². The first-order chi connectivity index (χ1) is 13.4. The van der Waals surface area contributed by atoms with Crippen molar-refractivity contribution < 1.29 is 14.3 Å². The number of hydrogen-bond acceptors (Lipinski definition) is 3. The Balaban J connectivity index is 1.60. The second-order valence-corrected chi connectivity index (χ2v) is 7.11. The van der Waals surface area contributed by atoms with Gasteiger partial charge in [-0.3, -0.25) is 4.79 Å². The minimum Gasteiger partial charge on any atom is -0.465 e. The third-order valence-corrected chi connectivity index (χ3v) is 5.20. The highest BCUT2D eigenvalue weighted by molar-refractivity contribution is 5.93. The van der Waals surface area contributed by atoms with E-state index in [0.717, 1.165) is 12.8 Å². The Morgan fingerprint density at radius 1 is 1.07 bits per heavy atom. The molecule has 5 nitrogen and oxygen atoms in total. The smallest absolute Gasteiger partial charge is 0.337 e. The molecular formula is C23H26N2O3. The molecule has 1 aromatic heterocycles. The van der Waals surface area contributed by atoms with Gasteiger partial charge in [-0.1, -0.05) is 11.6 Å². The molecule has 0 aliphatic heterocycles. The van der Waals surface area contributed by atoms with Crippen LogP contribution in [0.2, 0.25) is 0 Å². The fourth-order valence-electron chi connectivity index (χ4n) is 3.53. The number of anilines is 1. The van der Waals surface area contributed by atoms with E-state index in [4.69, 9.17) is 0 Å². The molecule has 0 unspecified atom stereocenters. The number of aryl methyl sites for hydroxylation is 3. The first-order valence-corrected chi connectivity index (χ1v) is 9.43. The lowest BCUT2D eigenvalue weighted by Gasteiger charge is -2.07. The van der Waals surface area contributed by atoms with Gasteiger partial charge in [0.15, 0.2) is 0 Å². The molecule has 1 heterocycles. The van der Waals surface area contributed by atoms with Crippen LogP contribution in [0, 0.1) is 13.8 Å². The van der Waals surface area contributed by atoms with Gasteiger partial charge in [-0.25, -0.2) is 4.79 Å². The number of ether oxygens (including phenoxy) is 1. The molecule has 0 bridgehead atoms. The van der Waals surface area contributed by atoms with Gasteiger partial charge in [-0.05, 0) is 68.7 Å². The predicted octanol–water partition coefficient (Wildman–Crippen LogP) is 4.54. The SMILES string of the molecule is COC(=O)c1ccc(NC(=O)CCCc2c(C)n(C)c3ccc(C)cc23)cc1. The molecular weight excluding hydrogens is 352 g/mol. The van der Waals surface area contributed by atoms with E-state index in [0.29, 0.717) is 17.7 Å². The van der Waals surface area contributed by atoms with Crippen LogP contribution in [0.25, 0.3) is 10.9 Å². The molecule has 1 amide bonds. The third kappa shape index (κ3) is 4.09. The molecule has 0 radical (unpaired) electrons. The van der Waals surface area contributed by atoms with E-state index in [2.05, 4.69) is 53.7 Å². The maximum absolute atomic E-state index is 12.3. The van der Waals surface area contributed by atoms with Gasteiger partial charge in [0.1, 0.15) is 0 Å². The Kier molecular flexibility index (Phi) is 5.83. The van der Waals surface area contributed by atoms with Crippen molar-refractivity contribution in [2.75, 3.05) is 12.4 Å². The van der Waals surface area contributed by atoms with Crippen molar-refractivity contribution in [2.45, 2.75) is 33.1 Å².